The Morgan fingerprint density at radius 1 is 0.833 bits per heavy atom. The number of carbonyl (C=O) groups excluding carboxylic acids is 3. The number of anilines is 2. The molecule has 0 atom stereocenters. The van der Waals surface area contributed by atoms with E-state index < -0.39 is 11.8 Å². The molecule has 0 aliphatic carbocycles. The molecule has 10 heteroatoms. The lowest BCUT2D eigenvalue weighted by Gasteiger charge is -2.11. The van der Waals surface area contributed by atoms with Gasteiger partial charge in [0.2, 0.25) is 0 Å². The minimum absolute atomic E-state index is 0.213. The Hall–Kier alpha value is -4.86. The van der Waals surface area contributed by atoms with E-state index in [4.69, 9.17) is 14.2 Å². The van der Waals surface area contributed by atoms with Crippen LogP contribution in [0.2, 0.25) is 0 Å². The predicted octanol–water partition coefficient (Wildman–Crippen LogP) is 3.12. The first-order chi connectivity index (χ1) is 17.4. The summed E-state index contributed by atoms with van der Waals surface area (Å²) in [5, 5.41) is 9.03. The Labute approximate surface area is 208 Å². The number of methoxy groups -OCH3 is 2. The largest absolute Gasteiger partial charge is 0.495 e. The van der Waals surface area contributed by atoms with Gasteiger partial charge in [-0.25, -0.2) is 5.43 Å². The van der Waals surface area contributed by atoms with Gasteiger partial charge in [0.05, 0.1) is 26.1 Å². The topological polar surface area (TPSA) is 127 Å². The maximum atomic E-state index is 12.2. The minimum Gasteiger partial charge on any atom is -0.495 e. The second-order valence-electron chi connectivity index (χ2n) is 7.47. The molecule has 3 N–H and O–H groups in total. The Kier molecular flexibility index (Phi) is 8.99. The summed E-state index contributed by atoms with van der Waals surface area (Å²) in [6.07, 6.45) is 1.34. The van der Waals surface area contributed by atoms with Crippen molar-refractivity contribution in [3.63, 3.8) is 0 Å². The fourth-order valence-corrected chi connectivity index (χ4v) is 3.09. The van der Waals surface area contributed by atoms with Gasteiger partial charge < -0.3 is 24.8 Å². The van der Waals surface area contributed by atoms with Gasteiger partial charge in [0.1, 0.15) is 5.75 Å². The van der Waals surface area contributed by atoms with Crippen LogP contribution in [-0.2, 0) is 14.4 Å². The number of ether oxygens (including phenoxy) is 3. The summed E-state index contributed by atoms with van der Waals surface area (Å²) < 4.78 is 16.0. The zero-order valence-electron chi connectivity index (χ0n) is 20.0. The van der Waals surface area contributed by atoms with Crippen LogP contribution in [0.1, 0.15) is 11.1 Å². The lowest BCUT2D eigenvalue weighted by molar-refractivity contribution is -0.136. The average molecular weight is 491 g/mol. The molecule has 0 aliphatic heterocycles. The molecule has 0 unspecified atom stereocenters. The predicted molar refractivity (Wildman–Crippen MR) is 136 cm³/mol. The highest BCUT2D eigenvalue weighted by Crippen LogP contribution is 2.27. The Morgan fingerprint density at radius 3 is 2.36 bits per heavy atom. The van der Waals surface area contributed by atoms with Crippen LogP contribution >= 0.6 is 0 Å². The number of nitrogens with one attached hydrogen (secondary N) is 3. The normalized spacial score (nSPS) is 10.4. The molecule has 36 heavy (non-hydrogen) atoms. The molecule has 0 saturated heterocycles. The van der Waals surface area contributed by atoms with E-state index in [1.54, 1.807) is 48.5 Å². The summed E-state index contributed by atoms with van der Waals surface area (Å²) in [4.78, 5) is 36.4. The standard InChI is InChI=1S/C26H26N4O6/c1-17-7-6-8-19(13-17)28-24(31)16-36-22-12-11-18(14-23(22)35-3)15-27-30-26(33)25(32)29-20-9-4-5-10-21(20)34-2/h4-15H,16H2,1-3H3,(H,28,31)(H,29,32)(H,30,33)/b27-15-. The molecule has 0 heterocycles. The number of amides is 3. The second-order valence-corrected chi connectivity index (χ2v) is 7.47. The monoisotopic (exact) mass is 490 g/mol. The molecule has 0 fully saturated rings. The van der Waals surface area contributed by atoms with E-state index in [-0.39, 0.29) is 12.5 Å². The van der Waals surface area contributed by atoms with Crippen molar-refractivity contribution < 1.29 is 28.6 Å². The number of hydrogen-bond donors (Lipinski definition) is 3. The molecule has 3 aromatic rings. The number of rotatable bonds is 9. The fourth-order valence-electron chi connectivity index (χ4n) is 3.09. The summed E-state index contributed by atoms with van der Waals surface area (Å²) in [7, 11) is 2.92. The van der Waals surface area contributed by atoms with E-state index in [0.29, 0.717) is 34.2 Å². The van der Waals surface area contributed by atoms with Gasteiger partial charge in [-0.05, 0) is 60.5 Å². The third-order valence-corrected chi connectivity index (χ3v) is 4.79. The van der Waals surface area contributed by atoms with Crippen molar-refractivity contribution >= 4 is 35.3 Å². The highest BCUT2D eigenvalue weighted by atomic mass is 16.5. The summed E-state index contributed by atoms with van der Waals surface area (Å²) in [6, 6.07) is 19.0. The lowest BCUT2D eigenvalue weighted by Crippen LogP contribution is -2.32. The summed E-state index contributed by atoms with van der Waals surface area (Å²) >= 11 is 0. The molecular formula is C26H26N4O6. The maximum absolute atomic E-state index is 12.2. The van der Waals surface area contributed by atoms with Gasteiger partial charge in [0.15, 0.2) is 18.1 Å². The number of aryl methyl sites for hydroxylation is 1. The van der Waals surface area contributed by atoms with Crippen LogP contribution < -0.4 is 30.3 Å². The SMILES string of the molecule is COc1ccccc1NC(=O)C(=O)N/N=C\c1ccc(OCC(=O)Nc2cccc(C)c2)c(OC)c1. The summed E-state index contributed by atoms with van der Waals surface area (Å²) in [5.74, 6) is -1.03. The van der Waals surface area contributed by atoms with Crippen molar-refractivity contribution in [3.05, 3.63) is 77.9 Å². The zero-order chi connectivity index (χ0) is 25.9. The van der Waals surface area contributed by atoms with Gasteiger partial charge in [-0.15, -0.1) is 0 Å². The molecule has 0 aliphatic rings. The van der Waals surface area contributed by atoms with Crippen molar-refractivity contribution in [1.29, 1.82) is 0 Å². The van der Waals surface area contributed by atoms with E-state index in [1.807, 2.05) is 25.1 Å². The molecule has 3 amide bonds. The molecule has 10 nitrogen and oxygen atoms in total. The van der Waals surface area contributed by atoms with Crippen molar-refractivity contribution in [3.8, 4) is 17.2 Å². The first kappa shape index (κ1) is 25.8. The Bertz CT molecular complexity index is 1270. The van der Waals surface area contributed by atoms with Crippen molar-refractivity contribution in [2.24, 2.45) is 5.10 Å². The Balaban J connectivity index is 1.53. The highest BCUT2D eigenvalue weighted by molar-refractivity contribution is 6.39. The third kappa shape index (κ3) is 7.32. The van der Waals surface area contributed by atoms with Gasteiger partial charge in [-0.2, -0.15) is 5.10 Å². The van der Waals surface area contributed by atoms with Crippen LogP contribution in [0.4, 0.5) is 11.4 Å². The molecule has 0 radical (unpaired) electrons. The number of benzene rings is 3. The molecule has 0 bridgehead atoms. The molecule has 0 saturated carbocycles. The van der Waals surface area contributed by atoms with Gasteiger partial charge in [0, 0.05) is 5.69 Å². The fraction of sp³-hybridized carbons (Fsp3) is 0.154. The quantitative estimate of drug-likeness (QED) is 0.240. The van der Waals surface area contributed by atoms with Crippen LogP contribution in [0.15, 0.2) is 71.8 Å². The van der Waals surface area contributed by atoms with E-state index in [9.17, 15) is 14.4 Å². The van der Waals surface area contributed by atoms with Crippen LogP contribution in [-0.4, -0.2) is 44.8 Å². The number of nitrogens with zero attached hydrogens (tertiary/aromatic N) is 1. The van der Waals surface area contributed by atoms with E-state index in [2.05, 4.69) is 21.2 Å². The summed E-state index contributed by atoms with van der Waals surface area (Å²) in [6.45, 7) is 1.72. The second kappa shape index (κ2) is 12.6. The number of carbonyl (C=O) groups is 3. The summed E-state index contributed by atoms with van der Waals surface area (Å²) in [5.41, 5.74) is 4.79. The average Bonchev–Trinajstić information content (AvgIpc) is 2.88. The number of para-hydroxylation sites is 2. The van der Waals surface area contributed by atoms with Crippen LogP contribution in [0.5, 0.6) is 17.2 Å². The molecule has 186 valence electrons. The minimum atomic E-state index is -0.955. The van der Waals surface area contributed by atoms with Gasteiger partial charge in [-0.3, -0.25) is 14.4 Å². The first-order valence-electron chi connectivity index (χ1n) is 10.8. The van der Waals surface area contributed by atoms with E-state index >= 15 is 0 Å². The van der Waals surface area contributed by atoms with Gasteiger partial charge >= 0.3 is 11.8 Å². The van der Waals surface area contributed by atoms with Crippen LogP contribution in [0.25, 0.3) is 0 Å². The molecule has 0 aromatic heterocycles. The number of hydrogen-bond acceptors (Lipinski definition) is 7. The smallest absolute Gasteiger partial charge is 0.329 e. The van der Waals surface area contributed by atoms with Crippen LogP contribution in [0.3, 0.4) is 0 Å². The Morgan fingerprint density at radius 2 is 1.61 bits per heavy atom. The van der Waals surface area contributed by atoms with E-state index in [1.165, 1.54) is 20.4 Å². The zero-order valence-corrected chi connectivity index (χ0v) is 20.0. The lowest BCUT2D eigenvalue weighted by atomic mass is 10.2. The van der Waals surface area contributed by atoms with Gasteiger partial charge in [0.25, 0.3) is 5.91 Å². The highest BCUT2D eigenvalue weighted by Gasteiger charge is 2.15. The third-order valence-electron chi connectivity index (χ3n) is 4.79. The number of hydrazone groups is 1. The van der Waals surface area contributed by atoms with Gasteiger partial charge in [-0.1, -0.05) is 24.3 Å². The maximum Gasteiger partial charge on any atom is 0.329 e. The van der Waals surface area contributed by atoms with Crippen LogP contribution in [0, 0.1) is 6.92 Å². The van der Waals surface area contributed by atoms with Crippen molar-refractivity contribution in [2.45, 2.75) is 6.92 Å². The van der Waals surface area contributed by atoms with E-state index in [0.717, 1.165) is 5.56 Å². The molecule has 0 spiro atoms. The molecule has 3 aromatic carbocycles. The van der Waals surface area contributed by atoms with Crippen molar-refractivity contribution in [1.82, 2.24) is 5.43 Å². The first-order valence-corrected chi connectivity index (χ1v) is 10.8. The molecular weight excluding hydrogens is 464 g/mol. The molecule has 3 rings (SSSR count). The van der Waals surface area contributed by atoms with Crippen molar-refractivity contribution in [2.75, 3.05) is 31.5 Å².